The van der Waals surface area contributed by atoms with Gasteiger partial charge in [0, 0.05) is 37.9 Å². The lowest BCUT2D eigenvalue weighted by Gasteiger charge is -2.38. The zero-order chi connectivity index (χ0) is 32.5. The first kappa shape index (κ1) is 31.7. The molecule has 1 N–H and O–H groups in total. The molecular formula is C30H32F2N6O6S. The molecule has 4 aromatic rings. The largest absolute Gasteiger partial charge is 0.497 e. The number of carbonyl (C=O) groups is 1. The van der Waals surface area contributed by atoms with E-state index in [4.69, 9.17) is 14.5 Å². The predicted octanol–water partition coefficient (Wildman–Crippen LogP) is 3.70. The van der Waals surface area contributed by atoms with E-state index in [-0.39, 0.29) is 48.7 Å². The smallest absolute Gasteiger partial charge is 0.327 e. The molecule has 5 rings (SSSR count). The summed E-state index contributed by atoms with van der Waals surface area (Å²) in [7, 11) is -0.554. The maximum Gasteiger partial charge on any atom is 0.327 e. The molecule has 0 spiro atoms. The quantitative estimate of drug-likeness (QED) is 0.309. The standard InChI is InChI=1S/C30H32F2N6O6S/c1-19(37(26-12-10-23(43-2)18-27(26)44-3)30(40)33-22-8-5-20(31)6-9-22)28-34-25-11-7-21(32)17-24(25)29(39)38(28)35-13-15-36(16-14-35)45(4,41)42/h5-12,17-19H,13-16H2,1-4H3,(H,33,40). The van der Waals surface area contributed by atoms with Crippen LogP contribution in [0.25, 0.3) is 10.9 Å². The van der Waals surface area contributed by atoms with E-state index in [0.29, 0.717) is 17.1 Å². The Kier molecular flexibility index (Phi) is 8.93. The fourth-order valence-corrected chi connectivity index (χ4v) is 6.06. The van der Waals surface area contributed by atoms with Crippen LogP contribution in [0.2, 0.25) is 0 Å². The van der Waals surface area contributed by atoms with Gasteiger partial charge >= 0.3 is 6.03 Å². The summed E-state index contributed by atoms with van der Waals surface area (Å²) in [6.07, 6.45) is 1.11. The fourth-order valence-electron chi connectivity index (χ4n) is 5.23. The van der Waals surface area contributed by atoms with Crippen molar-refractivity contribution >= 4 is 38.3 Å². The molecule has 1 aliphatic heterocycles. The third kappa shape index (κ3) is 6.54. The maximum atomic E-state index is 14.3. The van der Waals surface area contributed by atoms with E-state index in [1.807, 2.05) is 0 Å². The monoisotopic (exact) mass is 642 g/mol. The Hall–Kier alpha value is -4.76. The molecule has 45 heavy (non-hydrogen) atoms. The van der Waals surface area contributed by atoms with Gasteiger partial charge in [-0.25, -0.2) is 31.7 Å². The van der Waals surface area contributed by atoms with Crippen molar-refractivity contribution in [3.63, 3.8) is 0 Å². The number of aromatic nitrogens is 2. The van der Waals surface area contributed by atoms with Crippen LogP contribution in [0.15, 0.2) is 65.5 Å². The van der Waals surface area contributed by atoms with Crippen molar-refractivity contribution in [1.82, 2.24) is 14.0 Å². The topological polar surface area (TPSA) is 126 Å². The van der Waals surface area contributed by atoms with Gasteiger partial charge in [0.05, 0.1) is 43.1 Å². The van der Waals surface area contributed by atoms with Crippen LogP contribution < -0.4 is 30.3 Å². The average Bonchev–Trinajstić information content (AvgIpc) is 3.02. The summed E-state index contributed by atoms with van der Waals surface area (Å²) in [5.74, 6) is -0.243. The van der Waals surface area contributed by atoms with Gasteiger partial charge in [-0.1, -0.05) is 0 Å². The zero-order valence-electron chi connectivity index (χ0n) is 25.0. The summed E-state index contributed by atoms with van der Waals surface area (Å²) in [5.41, 5.74) is 0.222. The number of nitrogens with zero attached hydrogens (tertiary/aromatic N) is 5. The van der Waals surface area contributed by atoms with Crippen molar-refractivity contribution in [2.24, 2.45) is 0 Å². The summed E-state index contributed by atoms with van der Waals surface area (Å²) in [4.78, 5) is 34.2. The van der Waals surface area contributed by atoms with Crippen molar-refractivity contribution in [3.05, 3.63) is 88.5 Å². The van der Waals surface area contributed by atoms with Crippen LogP contribution in [0.5, 0.6) is 11.5 Å². The highest BCUT2D eigenvalue weighted by Crippen LogP contribution is 2.37. The van der Waals surface area contributed by atoms with Gasteiger partial charge in [0.2, 0.25) is 10.0 Å². The minimum atomic E-state index is -3.47. The first-order valence-electron chi connectivity index (χ1n) is 13.9. The van der Waals surface area contributed by atoms with Gasteiger partial charge in [0.25, 0.3) is 5.56 Å². The number of sulfonamides is 1. The fraction of sp³-hybridized carbons (Fsp3) is 0.300. The number of fused-ring (bicyclic) bond motifs is 1. The molecule has 1 aliphatic rings. The van der Waals surface area contributed by atoms with E-state index in [1.165, 1.54) is 64.5 Å². The van der Waals surface area contributed by atoms with Crippen LogP contribution in [0.3, 0.4) is 0 Å². The van der Waals surface area contributed by atoms with E-state index in [9.17, 15) is 26.8 Å². The van der Waals surface area contributed by atoms with E-state index in [2.05, 4.69) is 5.32 Å². The van der Waals surface area contributed by atoms with E-state index in [0.717, 1.165) is 12.3 Å². The minimum absolute atomic E-state index is 0.0147. The van der Waals surface area contributed by atoms with Crippen molar-refractivity contribution in [2.75, 3.05) is 61.9 Å². The van der Waals surface area contributed by atoms with Crippen LogP contribution in [0.4, 0.5) is 25.0 Å². The lowest BCUT2D eigenvalue weighted by molar-refractivity contribution is 0.254. The summed E-state index contributed by atoms with van der Waals surface area (Å²) in [5, 5.41) is 4.41. The number of amides is 2. The molecule has 238 valence electrons. The van der Waals surface area contributed by atoms with E-state index in [1.54, 1.807) is 30.1 Å². The normalized spacial score (nSPS) is 14.7. The molecule has 1 aromatic heterocycles. The Morgan fingerprint density at radius 1 is 0.956 bits per heavy atom. The highest BCUT2D eigenvalue weighted by atomic mass is 32.2. The third-order valence-corrected chi connectivity index (χ3v) is 8.83. The molecule has 0 aliphatic carbocycles. The second-order valence-corrected chi connectivity index (χ2v) is 12.4. The molecule has 1 atom stereocenters. The molecule has 15 heteroatoms. The number of methoxy groups -OCH3 is 2. The lowest BCUT2D eigenvalue weighted by atomic mass is 10.1. The first-order chi connectivity index (χ1) is 21.4. The molecule has 2 heterocycles. The van der Waals surface area contributed by atoms with Gasteiger partial charge in [0.15, 0.2) is 5.82 Å². The zero-order valence-corrected chi connectivity index (χ0v) is 25.8. The molecule has 12 nitrogen and oxygen atoms in total. The Morgan fingerprint density at radius 2 is 1.62 bits per heavy atom. The van der Waals surface area contributed by atoms with Crippen molar-refractivity contribution in [3.8, 4) is 11.5 Å². The average molecular weight is 643 g/mol. The van der Waals surface area contributed by atoms with Gasteiger partial charge in [-0.2, -0.15) is 4.31 Å². The second kappa shape index (κ2) is 12.7. The van der Waals surface area contributed by atoms with Crippen molar-refractivity contribution in [2.45, 2.75) is 13.0 Å². The van der Waals surface area contributed by atoms with Crippen LogP contribution in [-0.2, 0) is 10.0 Å². The van der Waals surface area contributed by atoms with Gasteiger partial charge in [0.1, 0.15) is 23.1 Å². The summed E-state index contributed by atoms with van der Waals surface area (Å²) in [6, 6.07) is 12.1. The number of rotatable bonds is 8. The van der Waals surface area contributed by atoms with Gasteiger partial charge in [-0.3, -0.25) is 9.69 Å². The number of hydrogen-bond donors (Lipinski definition) is 1. The van der Waals surface area contributed by atoms with Crippen LogP contribution in [-0.4, -0.2) is 75.1 Å². The molecule has 3 aromatic carbocycles. The number of carbonyl (C=O) groups excluding carboxylic acids is 1. The van der Waals surface area contributed by atoms with E-state index < -0.39 is 39.3 Å². The molecule has 0 saturated carbocycles. The summed E-state index contributed by atoms with van der Waals surface area (Å²) >= 11 is 0. The SMILES string of the molecule is COc1ccc(N(C(=O)Nc2ccc(F)cc2)C(C)c2nc3ccc(F)cc3c(=O)n2N2CCN(S(C)(=O)=O)CC2)c(OC)c1. The van der Waals surface area contributed by atoms with Crippen molar-refractivity contribution < 1.29 is 31.5 Å². The number of ether oxygens (including phenoxy) is 2. The third-order valence-electron chi connectivity index (χ3n) is 7.52. The summed E-state index contributed by atoms with van der Waals surface area (Å²) in [6.45, 7) is 2.11. The molecule has 1 fully saturated rings. The molecule has 1 saturated heterocycles. The Labute approximate surface area is 258 Å². The first-order valence-corrected chi connectivity index (χ1v) is 15.8. The number of urea groups is 1. The minimum Gasteiger partial charge on any atom is -0.497 e. The molecule has 0 bridgehead atoms. The number of benzene rings is 3. The number of halogens is 2. The maximum absolute atomic E-state index is 14.3. The van der Waals surface area contributed by atoms with Crippen LogP contribution in [0.1, 0.15) is 18.8 Å². The van der Waals surface area contributed by atoms with Crippen LogP contribution in [0, 0.1) is 11.6 Å². The molecule has 1 unspecified atom stereocenters. The van der Waals surface area contributed by atoms with Crippen molar-refractivity contribution in [1.29, 1.82) is 0 Å². The lowest BCUT2D eigenvalue weighted by Crippen LogP contribution is -2.56. The predicted molar refractivity (Wildman–Crippen MR) is 166 cm³/mol. The molecular weight excluding hydrogens is 610 g/mol. The van der Waals surface area contributed by atoms with Gasteiger partial charge in [-0.05, 0) is 61.5 Å². The Morgan fingerprint density at radius 3 is 2.24 bits per heavy atom. The van der Waals surface area contributed by atoms with Gasteiger partial charge in [-0.15, -0.1) is 0 Å². The highest BCUT2D eigenvalue weighted by molar-refractivity contribution is 7.88. The summed E-state index contributed by atoms with van der Waals surface area (Å²) < 4.78 is 65.8. The van der Waals surface area contributed by atoms with Crippen LogP contribution >= 0.6 is 0 Å². The highest BCUT2D eigenvalue weighted by Gasteiger charge is 2.33. The number of anilines is 2. The Balaban J connectivity index is 1.67. The van der Waals surface area contributed by atoms with Gasteiger partial charge < -0.3 is 19.8 Å². The number of hydrogen-bond acceptors (Lipinski definition) is 8. The number of nitrogens with one attached hydrogen (secondary N) is 1. The molecule has 2 amide bonds. The second-order valence-electron chi connectivity index (χ2n) is 10.4. The number of piperazine rings is 1. The molecule has 0 radical (unpaired) electrons. The Bertz CT molecular complexity index is 1900. The van der Waals surface area contributed by atoms with E-state index >= 15 is 0 Å².